The van der Waals surface area contributed by atoms with Crippen molar-refractivity contribution in [3.05, 3.63) is 28.8 Å². The van der Waals surface area contributed by atoms with Gasteiger partial charge in [-0.1, -0.05) is 6.07 Å². The predicted molar refractivity (Wildman–Crippen MR) is 69.3 cm³/mol. The minimum absolute atomic E-state index is 0.139. The fraction of sp³-hybridized carbons (Fsp3) is 0.385. The molecule has 1 heterocycles. The highest BCUT2D eigenvalue weighted by Crippen LogP contribution is 2.23. The second-order valence-corrected chi connectivity index (χ2v) is 5.20. The molecule has 0 unspecified atom stereocenters. The monoisotopic (exact) mass is 249 g/mol. The van der Waals surface area contributed by atoms with E-state index in [1.54, 1.807) is 11.3 Å². The second-order valence-electron chi connectivity index (χ2n) is 3.96. The Morgan fingerprint density at radius 1 is 1.47 bits per heavy atom. The predicted octanol–water partition coefficient (Wildman–Crippen LogP) is 3.10. The van der Waals surface area contributed by atoms with E-state index in [0.717, 1.165) is 23.4 Å². The molecule has 0 aliphatic carbocycles. The Morgan fingerprint density at radius 3 is 3.06 bits per heavy atom. The molecule has 0 bridgehead atoms. The number of aryl methyl sites for hydroxylation is 2. The van der Waals surface area contributed by atoms with Crippen molar-refractivity contribution < 1.29 is 9.53 Å². The summed E-state index contributed by atoms with van der Waals surface area (Å²) in [6.45, 7) is 2.02. The van der Waals surface area contributed by atoms with Crippen LogP contribution in [0.4, 0.5) is 0 Å². The van der Waals surface area contributed by atoms with Gasteiger partial charge in [-0.2, -0.15) is 0 Å². The Labute approximate surface area is 104 Å². The van der Waals surface area contributed by atoms with Gasteiger partial charge in [0.05, 0.1) is 22.3 Å². The van der Waals surface area contributed by atoms with Gasteiger partial charge in [0.1, 0.15) is 0 Å². The zero-order valence-corrected chi connectivity index (χ0v) is 10.8. The number of hydrogen-bond donors (Lipinski definition) is 0. The van der Waals surface area contributed by atoms with Crippen molar-refractivity contribution >= 4 is 27.5 Å². The average Bonchev–Trinajstić information content (AvgIpc) is 2.68. The van der Waals surface area contributed by atoms with Crippen LogP contribution in [0.3, 0.4) is 0 Å². The summed E-state index contributed by atoms with van der Waals surface area (Å²) in [4.78, 5) is 15.4. The third-order valence-corrected chi connectivity index (χ3v) is 3.57. The van der Waals surface area contributed by atoms with E-state index in [9.17, 15) is 4.79 Å². The van der Waals surface area contributed by atoms with Gasteiger partial charge in [-0.3, -0.25) is 4.79 Å². The molecule has 2 aromatic rings. The van der Waals surface area contributed by atoms with Crippen LogP contribution >= 0.6 is 11.3 Å². The van der Waals surface area contributed by atoms with Crippen LogP contribution in [0.15, 0.2) is 18.2 Å². The first-order chi connectivity index (χ1) is 8.19. The van der Waals surface area contributed by atoms with Crippen LogP contribution in [0.5, 0.6) is 0 Å². The van der Waals surface area contributed by atoms with E-state index in [-0.39, 0.29) is 5.97 Å². The van der Waals surface area contributed by atoms with Crippen molar-refractivity contribution in [3.8, 4) is 0 Å². The number of aromatic nitrogens is 1. The summed E-state index contributed by atoms with van der Waals surface area (Å²) >= 11 is 1.71. The fourth-order valence-electron chi connectivity index (χ4n) is 1.78. The summed E-state index contributed by atoms with van der Waals surface area (Å²) in [6.07, 6.45) is 2.22. The Kier molecular flexibility index (Phi) is 3.74. The van der Waals surface area contributed by atoms with E-state index >= 15 is 0 Å². The molecule has 0 radical (unpaired) electrons. The zero-order chi connectivity index (χ0) is 12.3. The second kappa shape index (κ2) is 5.27. The number of esters is 1. The van der Waals surface area contributed by atoms with Gasteiger partial charge in [0.25, 0.3) is 0 Å². The Balaban J connectivity index is 2.01. The standard InChI is InChI=1S/C13H15NO2S/c1-9-14-11-7-6-10(8-12(11)17-9)4-3-5-13(15)16-2/h6-8H,3-5H2,1-2H3. The van der Waals surface area contributed by atoms with Crippen LogP contribution in [-0.2, 0) is 16.0 Å². The van der Waals surface area contributed by atoms with Crippen LogP contribution in [0.2, 0.25) is 0 Å². The van der Waals surface area contributed by atoms with E-state index < -0.39 is 0 Å². The first kappa shape index (κ1) is 12.0. The van der Waals surface area contributed by atoms with Crippen LogP contribution < -0.4 is 0 Å². The summed E-state index contributed by atoms with van der Waals surface area (Å²) in [7, 11) is 1.43. The van der Waals surface area contributed by atoms with Gasteiger partial charge in [-0.25, -0.2) is 4.98 Å². The number of rotatable bonds is 4. The summed E-state index contributed by atoms with van der Waals surface area (Å²) in [6, 6.07) is 6.29. The molecule has 90 valence electrons. The van der Waals surface area contributed by atoms with Crippen LogP contribution in [0.25, 0.3) is 10.2 Å². The molecule has 1 aromatic carbocycles. The molecular formula is C13H15NO2S. The molecule has 3 nitrogen and oxygen atoms in total. The number of nitrogens with zero attached hydrogens (tertiary/aromatic N) is 1. The summed E-state index contributed by atoms with van der Waals surface area (Å²) in [5, 5.41) is 1.09. The summed E-state index contributed by atoms with van der Waals surface area (Å²) < 4.78 is 5.84. The van der Waals surface area contributed by atoms with E-state index in [4.69, 9.17) is 0 Å². The third kappa shape index (κ3) is 3.03. The molecule has 0 atom stereocenters. The molecule has 0 saturated heterocycles. The molecule has 17 heavy (non-hydrogen) atoms. The molecule has 0 aliphatic rings. The maximum absolute atomic E-state index is 11.0. The lowest BCUT2D eigenvalue weighted by Gasteiger charge is -2.00. The van der Waals surface area contributed by atoms with Crippen molar-refractivity contribution in [2.24, 2.45) is 0 Å². The molecular weight excluding hydrogens is 234 g/mol. The van der Waals surface area contributed by atoms with E-state index in [1.807, 2.05) is 13.0 Å². The maximum atomic E-state index is 11.0. The number of ether oxygens (including phenoxy) is 1. The number of carbonyl (C=O) groups excluding carboxylic acids is 1. The van der Waals surface area contributed by atoms with Crippen molar-refractivity contribution in [2.45, 2.75) is 26.2 Å². The Bertz CT molecular complexity index is 533. The minimum atomic E-state index is -0.139. The molecule has 0 N–H and O–H groups in total. The van der Waals surface area contributed by atoms with Gasteiger partial charge < -0.3 is 4.74 Å². The fourth-order valence-corrected chi connectivity index (χ4v) is 2.67. The molecule has 0 fully saturated rings. The van der Waals surface area contributed by atoms with Crippen molar-refractivity contribution in [3.63, 3.8) is 0 Å². The first-order valence-electron chi connectivity index (χ1n) is 5.62. The number of fused-ring (bicyclic) bond motifs is 1. The normalized spacial score (nSPS) is 10.7. The molecule has 2 rings (SSSR count). The van der Waals surface area contributed by atoms with Gasteiger partial charge >= 0.3 is 5.97 Å². The zero-order valence-electron chi connectivity index (χ0n) is 10.0. The number of benzene rings is 1. The van der Waals surface area contributed by atoms with Crippen molar-refractivity contribution in [1.82, 2.24) is 4.98 Å². The van der Waals surface area contributed by atoms with Gasteiger partial charge in [0.15, 0.2) is 0 Å². The minimum Gasteiger partial charge on any atom is -0.469 e. The topological polar surface area (TPSA) is 39.2 Å². The van der Waals surface area contributed by atoms with Crippen LogP contribution in [0.1, 0.15) is 23.4 Å². The number of methoxy groups -OCH3 is 1. The largest absolute Gasteiger partial charge is 0.469 e. The summed E-state index contributed by atoms with van der Waals surface area (Å²) in [5.41, 5.74) is 2.31. The van der Waals surface area contributed by atoms with Gasteiger partial charge in [-0.15, -0.1) is 11.3 Å². The van der Waals surface area contributed by atoms with Crippen molar-refractivity contribution in [2.75, 3.05) is 7.11 Å². The lowest BCUT2D eigenvalue weighted by atomic mass is 10.1. The molecule has 1 aromatic heterocycles. The number of thiazole rings is 1. The molecule has 0 amide bonds. The lowest BCUT2D eigenvalue weighted by molar-refractivity contribution is -0.140. The van der Waals surface area contributed by atoms with Gasteiger partial charge in [0, 0.05) is 6.42 Å². The highest BCUT2D eigenvalue weighted by Gasteiger charge is 2.03. The highest BCUT2D eigenvalue weighted by atomic mass is 32.1. The van der Waals surface area contributed by atoms with Crippen LogP contribution in [-0.4, -0.2) is 18.1 Å². The maximum Gasteiger partial charge on any atom is 0.305 e. The molecule has 0 saturated carbocycles. The summed E-state index contributed by atoms with van der Waals surface area (Å²) in [5.74, 6) is -0.139. The molecule has 0 aliphatic heterocycles. The van der Waals surface area contributed by atoms with E-state index in [1.165, 1.54) is 17.4 Å². The van der Waals surface area contributed by atoms with Crippen molar-refractivity contribution in [1.29, 1.82) is 0 Å². The quantitative estimate of drug-likeness (QED) is 0.782. The van der Waals surface area contributed by atoms with Gasteiger partial charge in [0.2, 0.25) is 0 Å². The van der Waals surface area contributed by atoms with E-state index in [0.29, 0.717) is 6.42 Å². The SMILES string of the molecule is COC(=O)CCCc1ccc2nc(C)sc2c1. The number of hydrogen-bond acceptors (Lipinski definition) is 4. The smallest absolute Gasteiger partial charge is 0.305 e. The number of carbonyl (C=O) groups is 1. The molecule has 4 heteroatoms. The Hall–Kier alpha value is -1.42. The molecule has 0 spiro atoms. The van der Waals surface area contributed by atoms with Gasteiger partial charge in [-0.05, 0) is 37.5 Å². The average molecular weight is 249 g/mol. The van der Waals surface area contributed by atoms with E-state index in [2.05, 4.69) is 21.9 Å². The third-order valence-electron chi connectivity index (χ3n) is 2.63. The highest BCUT2D eigenvalue weighted by molar-refractivity contribution is 7.18. The van der Waals surface area contributed by atoms with Crippen LogP contribution in [0, 0.1) is 6.92 Å². The Morgan fingerprint density at radius 2 is 2.29 bits per heavy atom. The lowest BCUT2D eigenvalue weighted by Crippen LogP contribution is -2.00. The first-order valence-corrected chi connectivity index (χ1v) is 6.43.